The number of carbonyl (C=O) groups is 1. The Morgan fingerprint density at radius 2 is 2.00 bits per heavy atom. The highest BCUT2D eigenvalue weighted by molar-refractivity contribution is 5.84. The summed E-state index contributed by atoms with van der Waals surface area (Å²) >= 11 is 0. The molecule has 0 unspecified atom stereocenters. The second-order valence-electron chi connectivity index (χ2n) is 5.54. The summed E-state index contributed by atoms with van der Waals surface area (Å²) in [5.74, 6) is 1.10. The summed E-state index contributed by atoms with van der Waals surface area (Å²) in [7, 11) is 0. The number of hydrogen-bond acceptors (Lipinski definition) is 2. The van der Waals surface area contributed by atoms with Crippen molar-refractivity contribution in [3.8, 4) is 5.75 Å². The molecule has 4 heteroatoms. The van der Waals surface area contributed by atoms with Gasteiger partial charge < -0.3 is 14.2 Å². The average Bonchev–Trinajstić information content (AvgIpc) is 2.91. The van der Waals surface area contributed by atoms with E-state index in [2.05, 4.69) is 0 Å². The Kier molecular flexibility index (Phi) is 4.13. The highest BCUT2D eigenvalue weighted by Gasteiger charge is 2.17. The molecule has 0 atom stereocenters. The fraction of sp³-hybridized carbons (Fsp3) is 0.471. The first-order valence-corrected chi connectivity index (χ1v) is 7.77. The quantitative estimate of drug-likeness (QED) is 0.865. The minimum Gasteiger partial charge on any atom is -0.494 e. The lowest BCUT2D eigenvalue weighted by atomic mass is 10.1. The van der Waals surface area contributed by atoms with Gasteiger partial charge in [-0.1, -0.05) is 0 Å². The lowest BCUT2D eigenvalue weighted by molar-refractivity contribution is -0.132. The molecule has 1 saturated heterocycles. The molecule has 1 amide bonds. The van der Waals surface area contributed by atoms with Crippen molar-refractivity contribution in [2.24, 2.45) is 0 Å². The third-order valence-corrected chi connectivity index (χ3v) is 4.07. The fourth-order valence-electron chi connectivity index (χ4n) is 2.96. The van der Waals surface area contributed by atoms with Gasteiger partial charge in [0.05, 0.1) is 6.61 Å². The van der Waals surface area contributed by atoms with E-state index in [9.17, 15) is 4.79 Å². The fourth-order valence-corrected chi connectivity index (χ4v) is 2.96. The first-order valence-electron chi connectivity index (χ1n) is 7.77. The van der Waals surface area contributed by atoms with Crippen LogP contribution in [0.15, 0.2) is 30.5 Å². The van der Waals surface area contributed by atoms with E-state index in [1.165, 1.54) is 6.42 Å². The Balaban J connectivity index is 1.76. The largest absolute Gasteiger partial charge is 0.494 e. The molecular formula is C17H22N2O2. The molecule has 1 aromatic carbocycles. The summed E-state index contributed by atoms with van der Waals surface area (Å²) in [6.45, 7) is 4.89. The second-order valence-corrected chi connectivity index (χ2v) is 5.54. The SMILES string of the molecule is CCOc1ccc2c(ccn2CC(=O)N2CCCCC2)c1. The molecule has 21 heavy (non-hydrogen) atoms. The Morgan fingerprint density at radius 1 is 1.19 bits per heavy atom. The van der Waals surface area contributed by atoms with Crippen molar-refractivity contribution in [2.75, 3.05) is 19.7 Å². The van der Waals surface area contributed by atoms with Crippen LogP contribution in [0.25, 0.3) is 10.9 Å². The Bertz CT molecular complexity index is 627. The van der Waals surface area contributed by atoms with Gasteiger partial charge in [-0.25, -0.2) is 0 Å². The molecule has 0 radical (unpaired) electrons. The highest BCUT2D eigenvalue weighted by atomic mass is 16.5. The average molecular weight is 286 g/mol. The van der Waals surface area contributed by atoms with Crippen molar-refractivity contribution < 1.29 is 9.53 Å². The van der Waals surface area contributed by atoms with Gasteiger partial charge in [-0.05, 0) is 50.5 Å². The Hall–Kier alpha value is -1.97. The molecule has 4 nitrogen and oxygen atoms in total. The van der Waals surface area contributed by atoms with Crippen molar-refractivity contribution in [3.05, 3.63) is 30.5 Å². The molecule has 0 spiro atoms. The Labute approximate surface area is 125 Å². The predicted molar refractivity (Wildman–Crippen MR) is 83.5 cm³/mol. The predicted octanol–water partition coefficient (Wildman–Crippen LogP) is 3.05. The molecule has 0 aliphatic carbocycles. The molecule has 2 aromatic rings. The third-order valence-electron chi connectivity index (χ3n) is 4.07. The van der Waals surface area contributed by atoms with E-state index >= 15 is 0 Å². The number of piperidine rings is 1. The summed E-state index contributed by atoms with van der Waals surface area (Å²) in [6, 6.07) is 8.07. The van der Waals surface area contributed by atoms with Crippen LogP contribution in [0.5, 0.6) is 5.75 Å². The van der Waals surface area contributed by atoms with Crippen molar-refractivity contribution in [1.82, 2.24) is 9.47 Å². The van der Waals surface area contributed by atoms with Crippen LogP contribution in [0.4, 0.5) is 0 Å². The van der Waals surface area contributed by atoms with Crippen LogP contribution in [0.1, 0.15) is 26.2 Å². The van der Waals surface area contributed by atoms with Gasteiger partial charge >= 0.3 is 0 Å². The maximum Gasteiger partial charge on any atom is 0.242 e. The number of hydrogen-bond donors (Lipinski definition) is 0. The van der Waals surface area contributed by atoms with Crippen LogP contribution >= 0.6 is 0 Å². The van der Waals surface area contributed by atoms with Crippen molar-refractivity contribution >= 4 is 16.8 Å². The van der Waals surface area contributed by atoms with E-state index in [-0.39, 0.29) is 5.91 Å². The summed E-state index contributed by atoms with van der Waals surface area (Å²) in [5, 5.41) is 1.12. The summed E-state index contributed by atoms with van der Waals surface area (Å²) in [4.78, 5) is 14.3. The number of fused-ring (bicyclic) bond motifs is 1. The molecular weight excluding hydrogens is 264 g/mol. The molecule has 112 valence electrons. The van der Waals surface area contributed by atoms with Crippen LogP contribution in [-0.4, -0.2) is 35.1 Å². The normalized spacial score (nSPS) is 15.4. The summed E-state index contributed by atoms with van der Waals surface area (Å²) < 4.78 is 7.54. The smallest absolute Gasteiger partial charge is 0.242 e. The molecule has 1 aromatic heterocycles. The van der Waals surface area contributed by atoms with Crippen LogP contribution in [0.3, 0.4) is 0 Å². The van der Waals surface area contributed by atoms with Gasteiger partial charge in [-0.2, -0.15) is 0 Å². The van der Waals surface area contributed by atoms with Crippen LogP contribution in [0.2, 0.25) is 0 Å². The van der Waals surface area contributed by atoms with Gasteiger partial charge in [0.2, 0.25) is 5.91 Å². The summed E-state index contributed by atoms with van der Waals surface area (Å²) in [5.41, 5.74) is 1.09. The minimum absolute atomic E-state index is 0.223. The number of benzene rings is 1. The number of ether oxygens (including phenoxy) is 1. The van der Waals surface area contributed by atoms with E-state index in [1.807, 2.05) is 46.9 Å². The molecule has 0 saturated carbocycles. The number of nitrogens with zero attached hydrogens (tertiary/aromatic N) is 2. The van der Waals surface area contributed by atoms with E-state index in [4.69, 9.17) is 4.74 Å². The first kappa shape index (κ1) is 14.0. The van der Waals surface area contributed by atoms with E-state index in [1.54, 1.807) is 0 Å². The topological polar surface area (TPSA) is 34.5 Å². The monoisotopic (exact) mass is 286 g/mol. The molecule has 2 heterocycles. The van der Waals surface area contributed by atoms with Gasteiger partial charge in [0.15, 0.2) is 0 Å². The number of likely N-dealkylation sites (tertiary alicyclic amines) is 1. The van der Waals surface area contributed by atoms with Crippen LogP contribution < -0.4 is 4.74 Å². The van der Waals surface area contributed by atoms with Crippen molar-refractivity contribution in [1.29, 1.82) is 0 Å². The zero-order valence-electron chi connectivity index (χ0n) is 12.5. The van der Waals surface area contributed by atoms with E-state index in [0.717, 1.165) is 42.6 Å². The van der Waals surface area contributed by atoms with Gasteiger partial charge in [0, 0.05) is 30.2 Å². The zero-order valence-corrected chi connectivity index (χ0v) is 12.5. The van der Waals surface area contributed by atoms with Gasteiger partial charge in [0.1, 0.15) is 12.3 Å². The van der Waals surface area contributed by atoms with Gasteiger partial charge in [0.25, 0.3) is 0 Å². The maximum atomic E-state index is 12.4. The lowest BCUT2D eigenvalue weighted by Gasteiger charge is -2.27. The van der Waals surface area contributed by atoms with Crippen molar-refractivity contribution in [2.45, 2.75) is 32.7 Å². The number of amides is 1. The summed E-state index contributed by atoms with van der Waals surface area (Å²) in [6.07, 6.45) is 5.50. The molecule has 1 aliphatic heterocycles. The molecule has 1 aliphatic rings. The first-order chi connectivity index (χ1) is 10.3. The number of rotatable bonds is 4. The second kappa shape index (κ2) is 6.20. The number of carbonyl (C=O) groups excluding carboxylic acids is 1. The van der Waals surface area contributed by atoms with E-state index < -0.39 is 0 Å². The van der Waals surface area contributed by atoms with Crippen LogP contribution in [-0.2, 0) is 11.3 Å². The Morgan fingerprint density at radius 3 is 2.76 bits per heavy atom. The van der Waals surface area contributed by atoms with E-state index in [0.29, 0.717) is 13.2 Å². The maximum absolute atomic E-state index is 12.4. The van der Waals surface area contributed by atoms with Crippen LogP contribution in [0, 0.1) is 0 Å². The van der Waals surface area contributed by atoms with Gasteiger partial charge in [-0.15, -0.1) is 0 Å². The molecule has 3 rings (SSSR count). The zero-order chi connectivity index (χ0) is 14.7. The molecule has 1 fully saturated rings. The highest BCUT2D eigenvalue weighted by Crippen LogP contribution is 2.22. The number of aromatic nitrogens is 1. The third kappa shape index (κ3) is 3.04. The standard InChI is InChI=1S/C17H22N2O2/c1-2-21-15-6-7-16-14(12-15)8-11-19(16)13-17(20)18-9-4-3-5-10-18/h6-8,11-12H,2-5,9-10,13H2,1H3. The molecule has 0 N–H and O–H groups in total. The molecule has 0 bridgehead atoms. The van der Waals surface area contributed by atoms with Gasteiger partial charge in [-0.3, -0.25) is 4.79 Å². The minimum atomic E-state index is 0.223. The van der Waals surface area contributed by atoms with Crippen molar-refractivity contribution in [3.63, 3.8) is 0 Å². The lowest BCUT2D eigenvalue weighted by Crippen LogP contribution is -2.37.